The maximum atomic E-state index is 12.5. The molecule has 2 atom stereocenters. The molecule has 5 nitrogen and oxygen atoms in total. The number of nitrogens with zero attached hydrogens (tertiary/aromatic N) is 1. The van der Waals surface area contributed by atoms with Crippen LogP contribution in [0, 0.1) is 12.8 Å². The van der Waals surface area contributed by atoms with Gasteiger partial charge in [-0.2, -0.15) is 0 Å². The van der Waals surface area contributed by atoms with Crippen molar-refractivity contribution in [2.75, 3.05) is 26.3 Å². The van der Waals surface area contributed by atoms with Crippen LogP contribution in [0.2, 0.25) is 0 Å². The van der Waals surface area contributed by atoms with Gasteiger partial charge in [-0.05, 0) is 31.9 Å². The quantitative estimate of drug-likeness (QED) is 0.909. The van der Waals surface area contributed by atoms with Crippen LogP contribution in [0.25, 0.3) is 0 Å². The normalized spacial score (nSPS) is 28.0. The molecule has 2 aliphatic rings. The molecule has 5 heteroatoms. The van der Waals surface area contributed by atoms with Gasteiger partial charge in [-0.1, -0.05) is 12.8 Å². The second-order valence-electron chi connectivity index (χ2n) is 6.34. The molecule has 0 aromatic carbocycles. The van der Waals surface area contributed by atoms with Gasteiger partial charge in [0.25, 0.3) is 0 Å². The number of amides is 1. The van der Waals surface area contributed by atoms with Gasteiger partial charge in [-0.15, -0.1) is 0 Å². The number of nitrogens with one attached hydrogen (secondary N) is 1. The number of rotatable bonds is 2. The molecule has 22 heavy (non-hydrogen) atoms. The Hall–Kier alpha value is -1.33. The second-order valence-corrected chi connectivity index (χ2v) is 6.34. The Kier molecular flexibility index (Phi) is 5.16. The van der Waals surface area contributed by atoms with E-state index in [0.29, 0.717) is 25.8 Å². The largest absolute Gasteiger partial charge is 0.465 e. The monoisotopic (exact) mass is 306 g/mol. The summed E-state index contributed by atoms with van der Waals surface area (Å²) in [5, 5.41) is 3.03. The predicted octanol–water partition coefficient (Wildman–Crippen LogP) is 2.10. The predicted molar refractivity (Wildman–Crippen MR) is 83.4 cm³/mol. The van der Waals surface area contributed by atoms with Crippen molar-refractivity contribution in [1.29, 1.82) is 0 Å². The third-order valence-electron chi connectivity index (χ3n) is 4.76. The molecule has 1 aliphatic carbocycles. The van der Waals surface area contributed by atoms with Gasteiger partial charge < -0.3 is 14.5 Å². The zero-order chi connectivity index (χ0) is 15.4. The number of aryl methyl sites for hydroxylation is 1. The van der Waals surface area contributed by atoms with Gasteiger partial charge in [-0.3, -0.25) is 9.69 Å². The summed E-state index contributed by atoms with van der Waals surface area (Å²) in [4.78, 5) is 14.8. The molecule has 1 aromatic heterocycles. The molecule has 1 saturated carbocycles. The maximum absolute atomic E-state index is 12.5. The van der Waals surface area contributed by atoms with E-state index in [-0.39, 0.29) is 11.8 Å². The van der Waals surface area contributed by atoms with Crippen LogP contribution in [-0.4, -0.2) is 43.2 Å². The molecule has 1 N–H and O–H groups in total. The number of hydrogen-bond donors (Lipinski definition) is 1. The van der Waals surface area contributed by atoms with Crippen LogP contribution < -0.4 is 5.32 Å². The SMILES string of the molecule is Cc1ccc(CN2CCOCCNC(=O)[C@H]3CCCC[C@H]32)o1. The Bertz CT molecular complexity index is 500. The summed E-state index contributed by atoms with van der Waals surface area (Å²) in [7, 11) is 0. The molecule has 0 radical (unpaired) electrons. The molecule has 0 unspecified atom stereocenters. The highest BCUT2D eigenvalue weighted by atomic mass is 16.5. The van der Waals surface area contributed by atoms with Crippen molar-refractivity contribution in [3.63, 3.8) is 0 Å². The third-order valence-corrected chi connectivity index (χ3v) is 4.76. The molecule has 122 valence electrons. The van der Waals surface area contributed by atoms with Gasteiger partial charge in [0.1, 0.15) is 11.5 Å². The first-order valence-electron chi connectivity index (χ1n) is 8.39. The van der Waals surface area contributed by atoms with Crippen molar-refractivity contribution in [1.82, 2.24) is 10.2 Å². The van der Waals surface area contributed by atoms with Gasteiger partial charge in [0.05, 0.1) is 25.7 Å². The fraction of sp³-hybridized carbons (Fsp3) is 0.706. The Morgan fingerprint density at radius 1 is 1.27 bits per heavy atom. The highest BCUT2D eigenvalue weighted by Crippen LogP contribution is 2.30. The van der Waals surface area contributed by atoms with Crippen molar-refractivity contribution in [3.8, 4) is 0 Å². The molecular formula is C17H26N2O3. The van der Waals surface area contributed by atoms with Crippen LogP contribution in [0.5, 0.6) is 0 Å². The van der Waals surface area contributed by atoms with Crippen LogP contribution in [0.4, 0.5) is 0 Å². The summed E-state index contributed by atoms with van der Waals surface area (Å²) in [6, 6.07) is 4.33. The molecular weight excluding hydrogens is 280 g/mol. The second kappa shape index (κ2) is 7.29. The maximum Gasteiger partial charge on any atom is 0.224 e. The smallest absolute Gasteiger partial charge is 0.224 e. The van der Waals surface area contributed by atoms with Crippen LogP contribution >= 0.6 is 0 Å². The van der Waals surface area contributed by atoms with Crippen LogP contribution in [-0.2, 0) is 16.1 Å². The Balaban J connectivity index is 1.77. The lowest BCUT2D eigenvalue weighted by Crippen LogP contribution is -2.50. The molecule has 1 aliphatic heterocycles. The lowest BCUT2D eigenvalue weighted by molar-refractivity contribution is -0.130. The fourth-order valence-corrected chi connectivity index (χ4v) is 3.65. The lowest BCUT2D eigenvalue weighted by atomic mass is 9.82. The molecule has 2 heterocycles. The minimum atomic E-state index is 0.0999. The van der Waals surface area contributed by atoms with E-state index in [2.05, 4.69) is 10.2 Å². The minimum Gasteiger partial charge on any atom is -0.465 e. The minimum absolute atomic E-state index is 0.0999. The van der Waals surface area contributed by atoms with Gasteiger partial charge >= 0.3 is 0 Å². The van der Waals surface area contributed by atoms with E-state index in [0.717, 1.165) is 43.9 Å². The highest BCUT2D eigenvalue weighted by molar-refractivity contribution is 5.79. The fourth-order valence-electron chi connectivity index (χ4n) is 3.65. The standard InChI is InChI=1S/C17H26N2O3/c1-13-6-7-14(22-13)12-19-9-11-21-10-8-18-17(20)15-4-2-3-5-16(15)19/h6-7,15-16H,2-5,8-12H2,1H3,(H,18,20)/t15-,16+/m0/s1. The van der Waals surface area contributed by atoms with Crippen molar-refractivity contribution in [3.05, 3.63) is 23.7 Å². The van der Waals surface area contributed by atoms with Gasteiger partial charge in [0.2, 0.25) is 5.91 Å². The summed E-state index contributed by atoms with van der Waals surface area (Å²) in [5.41, 5.74) is 0. The molecule has 1 saturated heterocycles. The van der Waals surface area contributed by atoms with E-state index in [1.54, 1.807) is 0 Å². The number of carbonyl (C=O) groups excluding carboxylic acids is 1. The summed E-state index contributed by atoms with van der Waals surface area (Å²) in [6.07, 6.45) is 4.42. The van der Waals surface area contributed by atoms with Crippen molar-refractivity contribution < 1.29 is 13.9 Å². The molecule has 2 fully saturated rings. The van der Waals surface area contributed by atoms with Crippen LogP contribution in [0.3, 0.4) is 0 Å². The topological polar surface area (TPSA) is 54.7 Å². The molecule has 1 amide bonds. The van der Waals surface area contributed by atoms with E-state index in [1.807, 2.05) is 19.1 Å². The zero-order valence-electron chi connectivity index (χ0n) is 13.3. The van der Waals surface area contributed by atoms with Gasteiger partial charge in [-0.25, -0.2) is 0 Å². The van der Waals surface area contributed by atoms with Crippen LogP contribution in [0.15, 0.2) is 16.5 Å². The first kappa shape index (κ1) is 15.6. The average Bonchev–Trinajstić information content (AvgIpc) is 2.94. The number of fused-ring (bicyclic) bond motifs is 1. The van der Waals surface area contributed by atoms with Gasteiger partial charge in [0.15, 0.2) is 0 Å². The Morgan fingerprint density at radius 2 is 2.14 bits per heavy atom. The van der Waals surface area contributed by atoms with E-state index >= 15 is 0 Å². The summed E-state index contributed by atoms with van der Waals surface area (Å²) in [5.74, 6) is 2.20. The van der Waals surface area contributed by atoms with Crippen molar-refractivity contribution in [2.24, 2.45) is 5.92 Å². The van der Waals surface area contributed by atoms with Crippen molar-refractivity contribution in [2.45, 2.75) is 45.2 Å². The van der Waals surface area contributed by atoms with Crippen molar-refractivity contribution >= 4 is 5.91 Å². The lowest BCUT2D eigenvalue weighted by Gasteiger charge is -2.39. The number of carbonyl (C=O) groups is 1. The third kappa shape index (κ3) is 3.70. The summed E-state index contributed by atoms with van der Waals surface area (Å²) in [6.45, 7) is 5.50. The van der Waals surface area contributed by atoms with Gasteiger partial charge in [0, 0.05) is 19.1 Å². The van der Waals surface area contributed by atoms with E-state index in [1.165, 1.54) is 6.42 Å². The molecule has 1 aromatic rings. The number of furan rings is 1. The van der Waals surface area contributed by atoms with E-state index in [4.69, 9.17) is 9.15 Å². The van der Waals surface area contributed by atoms with E-state index < -0.39 is 0 Å². The first-order valence-corrected chi connectivity index (χ1v) is 8.39. The highest BCUT2D eigenvalue weighted by Gasteiger charge is 2.35. The van der Waals surface area contributed by atoms with E-state index in [9.17, 15) is 4.79 Å². The molecule has 0 bridgehead atoms. The zero-order valence-corrected chi connectivity index (χ0v) is 13.3. The average molecular weight is 306 g/mol. The Morgan fingerprint density at radius 3 is 2.95 bits per heavy atom. The summed E-state index contributed by atoms with van der Waals surface area (Å²) >= 11 is 0. The number of ether oxygens (including phenoxy) is 1. The summed E-state index contributed by atoms with van der Waals surface area (Å²) < 4.78 is 11.4. The first-order chi connectivity index (χ1) is 10.7. The van der Waals surface area contributed by atoms with Crippen LogP contribution in [0.1, 0.15) is 37.2 Å². The molecule has 3 rings (SSSR count). The Labute approximate surface area is 132 Å². The number of hydrogen-bond acceptors (Lipinski definition) is 4. The molecule has 0 spiro atoms.